The van der Waals surface area contributed by atoms with Crippen molar-refractivity contribution in [2.24, 2.45) is 5.92 Å². The Morgan fingerprint density at radius 2 is 1.83 bits per heavy atom. The Hall–Kier alpha value is -1.88. The van der Waals surface area contributed by atoms with Gasteiger partial charge < -0.3 is 14.4 Å². The second-order valence-corrected chi connectivity index (χ2v) is 6.26. The summed E-state index contributed by atoms with van der Waals surface area (Å²) >= 11 is 0. The normalized spacial score (nSPS) is 15.8. The lowest BCUT2D eigenvalue weighted by atomic mass is 10.0. The van der Waals surface area contributed by atoms with Crippen LogP contribution in [0, 0.1) is 5.92 Å². The average Bonchev–Trinajstić information content (AvgIpc) is 2.61. The molecule has 2 rings (SSSR count). The van der Waals surface area contributed by atoms with Gasteiger partial charge in [0.25, 0.3) is 0 Å². The fraction of sp³-hybridized carbons (Fsp3) is 0.579. The van der Waals surface area contributed by atoms with E-state index in [0.29, 0.717) is 38.5 Å². The zero-order valence-corrected chi connectivity index (χ0v) is 14.6. The van der Waals surface area contributed by atoms with Crippen molar-refractivity contribution in [3.05, 3.63) is 29.8 Å². The van der Waals surface area contributed by atoms with Crippen LogP contribution >= 0.6 is 0 Å². The minimum Gasteiger partial charge on any atom is -0.494 e. The summed E-state index contributed by atoms with van der Waals surface area (Å²) in [7, 11) is 0. The van der Waals surface area contributed by atoms with Gasteiger partial charge in [0.1, 0.15) is 5.75 Å². The summed E-state index contributed by atoms with van der Waals surface area (Å²) in [4.78, 5) is 25.4. The van der Waals surface area contributed by atoms with Crippen molar-refractivity contribution in [2.75, 3.05) is 32.9 Å². The molecule has 5 heteroatoms. The van der Waals surface area contributed by atoms with E-state index in [-0.39, 0.29) is 17.6 Å². The topological polar surface area (TPSA) is 55.8 Å². The first-order chi connectivity index (χ1) is 11.6. The van der Waals surface area contributed by atoms with Gasteiger partial charge in [-0.15, -0.1) is 0 Å². The first-order valence-electron chi connectivity index (χ1n) is 8.68. The smallest absolute Gasteiger partial charge is 0.225 e. The van der Waals surface area contributed by atoms with Crippen LogP contribution in [0.4, 0.5) is 0 Å². The molecule has 0 bridgehead atoms. The molecule has 5 nitrogen and oxygen atoms in total. The largest absolute Gasteiger partial charge is 0.494 e. The molecule has 1 amide bonds. The summed E-state index contributed by atoms with van der Waals surface area (Å²) in [5, 5.41) is 0. The van der Waals surface area contributed by atoms with Gasteiger partial charge in [-0.2, -0.15) is 0 Å². The fourth-order valence-electron chi connectivity index (χ4n) is 2.75. The molecule has 1 aliphatic heterocycles. The summed E-state index contributed by atoms with van der Waals surface area (Å²) in [6, 6.07) is 7.20. The van der Waals surface area contributed by atoms with E-state index < -0.39 is 0 Å². The molecule has 0 aromatic heterocycles. The van der Waals surface area contributed by atoms with E-state index in [1.54, 1.807) is 19.1 Å². The minimum atomic E-state index is 0.0537. The van der Waals surface area contributed by atoms with Gasteiger partial charge in [0.15, 0.2) is 5.78 Å². The molecular formula is C19H27NO4. The van der Waals surface area contributed by atoms with E-state index >= 15 is 0 Å². The number of nitrogens with zero attached hydrogens (tertiary/aromatic N) is 1. The molecule has 1 atom stereocenters. The Labute approximate surface area is 143 Å². The van der Waals surface area contributed by atoms with Crippen molar-refractivity contribution < 1.29 is 19.1 Å². The Balaban J connectivity index is 1.61. The van der Waals surface area contributed by atoms with Crippen LogP contribution in [-0.4, -0.2) is 49.5 Å². The van der Waals surface area contributed by atoms with Crippen LogP contribution in [0.15, 0.2) is 24.3 Å². The number of ether oxygens (including phenoxy) is 2. The van der Waals surface area contributed by atoms with Gasteiger partial charge in [-0.25, -0.2) is 0 Å². The van der Waals surface area contributed by atoms with Crippen molar-refractivity contribution in [3.63, 3.8) is 0 Å². The van der Waals surface area contributed by atoms with Crippen molar-refractivity contribution >= 4 is 11.7 Å². The van der Waals surface area contributed by atoms with Gasteiger partial charge in [0.2, 0.25) is 5.91 Å². The molecular weight excluding hydrogens is 306 g/mol. The number of hydrogen-bond donors (Lipinski definition) is 0. The first kappa shape index (κ1) is 18.5. The molecule has 0 saturated carbocycles. The van der Waals surface area contributed by atoms with Crippen molar-refractivity contribution in [2.45, 2.75) is 33.1 Å². The monoisotopic (exact) mass is 333 g/mol. The number of benzene rings is 1. The van der Waals surface area contributed by atoms with E-state index in [4.69, 9.17) is 9.47 Å². The van der Waals surface area contributed by atoms with Crippen LogP contribution < -0.4 is 4.74 Å². The second kappa shape index (κ2) is 9.42. The highest BCUT2D eigenvalue weighted by Gasteiger charge is 2.21. The summed E-state index contributed by atoms with van der Waals surface area (Å²) in [6.45, 7) is 6.89. The van der Waals surface area contributed by atoms with E-state index in [1.165, 1.54) is 0 Å². The van der Waals surface area contributed by atoms with Gasteiger partial charge in [0.05, 0.1) is 19.8 Å². The maximum absolute atomic E-state index is 12.3. The molecule has 24 heavy (non-hydrogen) atoms. The number of hydrogen-bond acceptors (Lipinski definition) is 4. The second-order valence-electron chi connectivity index (χ2n) is 6.26. The Kier molecular flexibility index (Phi) is 7.25. The molecule has 1 fully saturated rings. The van der Waals surface area contributed by atoms with E-state index in [1.807, 2.05) is 24.0 Å². The molecule has 1 saturated heterocycles. The van der Waals surface area contributed by atoms with E-state index in [9.17, 15) is 9.59 Å². The zero-order chi connectivity index (χ0) is 17.4. The zero-order valence-electron chi connectivity index (χ0n) is 14.6. The fourth-order valence-corrected chi connectivity index (χ4v) is 2.75. The highest BCUT2D eigenvalue weighted by atomic mass is 16.5. The number of amides is 1. The molecule has 0 aliphatic carbocycles. The number of rotatable bonds is 8. The first-order valence-corrected chi connectivity index (χ1v) is 8.68. The number of carbonyl (C=O) groups excluding carboxylic acids is 2. The predicted molar refractivity (Wildman–Crippen MR) is 92.4 cm³/mol. The number of ketones is 1. The van der Waals surface area contributed by atoms with Gasteiger partial charge in [-0.3, -0.25) is 9.59 Å². The molecule has 0 N–H and O–H groups in total. The number of Topliss-reactive ketones (excluding diaryl/α,β-unsaturated/α-hetero) is 1. The molecule has 1 aliphatic rings. The van der Waals surface area contributed by atoms with Crippen molar-refractivity contribution in [1.82, 2.24) is 4.90 Å². The lowest BCUT2D eigenvalue weighted by molar-refractivity contribution is -0.139. The Morgan fingerprint density at radius 3 is 2.46 bits per heavy atom. The van der Waals surface area contributed by atoms with Crippen molar-refractivity contribution in [1.29, 1.82) is 0 Å². The van der Waals surface area contributed by atoms with Crippen LogP contribution in [0.2, 0.25) is 0 Å². The lowest BCUT2D eigenvalue weighted by Crippen LogP contribution is -2.43. The molecule has 1 aromatic carbocycles. The predicted octanol–water partition coefficient (Wildman–Crippen LogP) is 2.93. The Bertz CT molecular complexity index is 535. The van der Waals surface area contributed by atoms with E-state index in [2.05, 4.69) is 0 Å². The SMILES string of the molecule is CC(=O)c1ccc(OCCCC[C@H](C)C(=O)N2CCOCC2)cc1. The third kappa shape index (κ3) is 5.64. The standard InChI is InChI=1S/C19H27NO4/c1-15(19(22)20-10-13-23-14-11-20)5-3-4-12-24-18-8-6-17(7-9-18)16(2)21/h6-9,15H,3-5,10-14H2,1-2H3/t15-/m0/s1. The van der Waals surface area contributed by atoms with Gasteiger partial charge >= 0.3 is 0 Å². The molecule has 1 heterocycles. The third-order valence-corrected chi connectivity index (χ3v) is 4.31. The maximum Gasteiger partial charge on any atom is 0.225 e. The summed E-state index contributed by atoms with van der Waals surface area (Å²) in [6.07, 6.45) is 2.75. The molecule has 132 valence electrons. The Morgan fingerprint density at radius 1 is 1.17 bits per heavy atom. The molecule has 1 aromatic rings. The highest BCUT2D eigenvalue weighted by Crippen LogP contribution is 2.15. The molecule has 0 unspecified atom stereocenters. The quantitative estimate of drug-likeness (QED) is 0.542. The van der Waals surface area contributed by atoms with Gasteiger partial charge in [0, 0.05) is 24.6 Å². The van der Waals surface area contributed by atoms with E-state index in [0.717, 1.165) is 25.0 Å². The minimum absolute atomic E-state index is 0.0537. The number of carbonyl (C=O) groups is 2. The van der Waals surface area contributed by atoms with Crippen LogP contribution in [0.5, 0.6) is 5.75 Å². The van der Waals surface area contributed by atoms with Crippen LogP contribution in [0.1, 0.15) is 43.5 Å². The van der Waals surface area contributed by atoms with Crippen LogP contribution in [-0.2, 0) is 9.53 Å². The van der Waals surface area contributed by atoms with Crippen molar-refractivity contribution in [3.8, 4) is 5.75 Å². The molecule has 0 spiro atoms. The van der Waals surface area contributed by atoms with Crippen LogP contribution in [0.3, 0.4) is 0 Å². The average molecular weight is 333 g/mol. The van der Waals surface area contributed by atoms with Gasteiger partial charge in [-0.1, -0.05) is 6.92 Å². The number of morpholine rings is 1. The lowest BCUT2D eigenvalue weighted by Gasteiger charge is -2.29. The third-order valence-electron chi connectivity index (χ3n) is 4.31. The maximum atomic E-state index is 12.3. The molecule has 0 radical (unpaired) electrons. The van der Waals surface area contributed by atoms with Gasteiger partial charge in [-0.05, 0) is 50.5 Å². The highest BCUT2D eigenvalue weighted by molar-refractivity contribution is 5.94. The summed E-state index contributed by atoms with van der Waals surface area (Å²) < 4.78 is 11.0. The van der Waals surface area contributed by atoms with Crippen LogP contribution in [0.25, 0.3) is 0 Å². The number of unbranched alkanes of at least 4 members (excludes halogenated alkanes) is 1. The summed E-state index contributed by atoms with van der Waals surface area (Å²) in [5.41, 5.74) is 0.692. The summed E-state index contributed by atoms with van der Waals surface area (Å²) in [5.74, 6) is 1.12.